The molecule has 1 aliphatic heterocycles. The summed E-state index contributed by atoms with van der Waals surface area (Å²) in [7, 11) is 0. The second-order valence-electron chi connectivity index (χ2n) is 8.16. The SMILES string of the molecule is C=C1Cc2ccccc2C(=C2CCN(Cc3cnccc3C)CC2)c2ccsc21. The maximum Gasteiger partial charge on any atom is 0.0378 e. The monoisotopic (exact) mass is 398 g/mol. The van der Waals surface area contributed by atoms with E-state index in [0.717, 1.165) is 38.9 Å². The van der Waals surface area contributed by atoms with Gasteiger partial charge in [0.15, 0.2) is 0 Å². The zero-order valence-corrected chi connectivity index (χ0v) is 17.8. The van der Waals surface area contributed by atoms with Crippen LogP contribution in [0.5, 0.6) is 0 Å². The molecule has 0 N–H and O–H groups in total. The van der Waals surface area contributed by atoms with Gasteiger partial charge >= 0.3 is 0 Å². The highest BCUT2D eigenvalue weighted by molar-refractivity contribution is 7.11. The van der Waals surface area contributed by atoms with E-state index in [-0.39, 0.29) is 0 Å². The number of benzene rings is 1. The molecule has 0 amide bonds. The maximum absolute atomic E-state index is 4.41. The first-order chi connectivity index (χ1) is 14.2. The van der Waals surface area contributed by atoms with E-state index in [0.29, 0.717) is 0 Å². The van der Waals surface area contributed by atoms with Crippen LogP contribution in [-0.2, 0) is 13.0 Å². The molecule has 29 heavy (non-hydrogen) atoms. The Morgan fingerprint density at radius 1 is 1.07 bits per heavy atom. The molecule has 146 valence electrons. The third kappa shape index (κ3) is 3.50. The quantitative estimate of drug-likeness (QED) is 0.517. The van der Waals surface area contributed by atoms with Crippen LogP contribution in [0.1, 0.15) is 45.5 Å². The van der Waals surface area contributed by atoms with Crippen LogP contribution in [0.25, 0.3) is 11.1 Å². The van der Waals surface area contributed by atoms with Crippen LogP contribution in [-0.4, -0.2) is 23.0 Å². The molecular weight excluding hydrogens is 372 g/mol. The summed E-state index contributed by atoms with van der Waals surface area (Å²) in [6.07, 6.45) is 7.11. The molecule has 2 aromatic heterocycles. The fourth-order valence-corrected chi connectivity index (χ4v) is 5.54. The van der Waals surface area contributed by atoms with Crippen LogP contribution >= 0.6 is 11.3 Å². The summed E-state index contributed by atoms with van der Waals surface area (Å²) in [4.78, 5) is 8.26. The molecule has 0 atom stereocenters. The number of likely N-dealkylation sites (tertiary alicyclic amines) is 1. The van der Waals surface area contributed by atoms with Crippen LogP contribution in [0.2, 0.25) is 0 Å². The molecule has 3 aromatic rings. The Morgan fingerprint density at radius 2 is 1.90 bits per heavy atom. The summed E-state index contributed by atoms with van der Waals surface area (Å²) in [6.45, 7) is 9.80. The molecule has 3 heterocycles. The molecule has 1 aliphatic carbocycles. The van der Waals surface area contributed by atoms with Crippen molar-refractivity contribution in [2.75, 3.05) is 13.1 Å². The Balaban J connectivity index is 1.48. The van der Waals surface area contributed by atoms with Gasteiger partial charge in [-0.3, -0.25) is 9.88 Å². The number of nitrogens with zero attached hydrogens (tertiary/aromatic N) is 2. The van der Waals surface area contributed by atoms with E-state index in [1.165, 1.54) is 43.8 Å². The molecule has 1 fully saturated rings. The molecule has 0 spiro atoms. The van der Waals surface area contributed by atoms with Crippen molar-refractivity contribution in [1.82, 2.24) is 9.88 Å². The van der Waals surface area contributed by atoms with Gasteiger partial charge in [-0.05, 0) is 77.1 Å². The number of fused-ring (bicyclic) bond motifs is 2. The van der Waals surface area contributed by atoms with E-state index in [1.807, 2.05) is 23.7 Å². The predicted molar refractivity (Wildman–Crippen MR) is 123 cm³/mol. The first kappa shape index (κ1) is 18.5. The van der Waals surface area contributed by atoms with Crippen LogP contribution in [0, 0.1) is 6.92 Å². The first-order valence-corrected chi connectivity index (χ1v) is 11.3. The highest BCUT2D eigenvalue weighted by Crippen LogP contribution is 2.43. The molecule has 5 rings (SSSR count). The Hall–Kier alpha value is -2.49. The molecule has 0 saturated carbocycles. The van der Waals surface area contributed by atoms with Gasteiger partial charge in [0.1, 0.15) is 0 Å². The van der Waals surface area contributed by atoms with Gasteiger partial charge in [-0.15, -0.1) is 11.3 Å². The van der Waals surface area contributed by atoms with Crippen LogP contribution in [0.15, 0.2) is 66.3 Å². The Morgan fingerprint density at radius 3 is 2.72 bits per heavy atom. The lowest BCUT2D eigenvalue weighted by atomic mass is 9.87. The topological polar surface area (TPSA) is 16.1 Å². The zero-order chi connectivity index (χ0) is 19.8. The average molecular weight is 399 g/mol. The summed E-state index contributed by atoms with van der Waals surface area (Å²) in [5.74, 6) is 0. The van der Waals surface area contributed by atoms with E-state index >= 15 is 0 Å². The van der Waals surface area contributed by atoms with Gasteiger partial charge in [-0.25, -0.2) is 0 Å². The van der Waals surface area contributed by atoms with Crippen molar-refractivity contribution < 1.29 is 0 Å². The van der Waals surface area contributed by atoms with Gasteiger partial charge in [0, 0.05) is 42.5 Å². The van der Waals surface area contributed by atoms with Gasteiger partial charge in [-0.2, -0.15) is 0 Å². The smallest absolute Gasteiger partial charge is 0.0378 e. The van der Waals surface area contributed by atoms with Crippen LogP contribution in [0.4, 0.5) is 0 Å². The Labute approximate surface area is 177 Å². The zero-order valence-electron chi connectivity index (χ0n) is 16.9. The maximum atomic E-state index is 4.41. The fraction of sp³-hybridized carbons (Fsp3) is 0.269. The largest absolute Gasteiger partial charge is 0.298 e. The van der Waals surface area contributed by atoms with Crippen molar-refractivity contribution in [3.8, 4) is 0 Å². The van der Waals surface area contributed by atoms with Crippen molar-refractivity contribution >= 4 is 22.5 Å². The standard InChI is InChI=1S/C26H26N2S/c1-18-7-11-27-16-22(18)17-28-12-8-20(9-13-28)25-23-6-4-3-5-21(23)15-19(2)26-24(25)10-14-29-26/h3-7,10-11,14,16H,2,8-9,12-13,15,17H2,1H3. The number of hydrogen-bond donors (Lipinski definition) is 0. The van der Waals surface area contributed by atoms with Gasteiger partial charge < -0.3 is 0 Å². The highest BCUT2D eigenvalue weighted by atomic mass is 32.1. The summed E-state index contributed by atoms with van der Waals surface area (Å²) in [5.41, 5.74) is 11.2. The van der Waals surface area contributed by atoms with Gasteiger partial charge in [0.2, 0.25) is 0 Å². The summed E-state index contributed by atoms with van der Waals surface area (Å²) < 4.78 is 0. The molecule has 3 heteroatoms. The second kappa shape index (κ2) is 7.74. The van der Waals surface area contributed by atoms with Crippen molar-refractivity contribution in [2.45, 2.75) is 32.7 Å². The average Bonchev–Trinajstić information content (AvgIpc) is 3.18. The fourth-order valence-electron chi connectivity index (χ4n) is 4.67. The molecule has 0 radical (unpaired) electrons. The molecule has 1 aromatic carbocycles. The Kier molecular flexibility index (Phi) is 4.94. The first-order valence-electron chi connectivity index (χ1n) is 10.4. The molecule has 2 nitrogen and oxygen atoms in total. The molecular formula is C26H26N2S. The number of aryl methyl sites for hydroxylation is 1. The predicted octanol–water partition coefficient (Wildman–Crippen LogP) is 6.12. The lowest BCUT2D eigenvalue weighted by Crippen LogP contribution is -2.31. The number of allylic oxidation sites excluding steroid dienone is 1. The minimum atomic E-state index is 0.951. The van der Waals surface area contributed by atoms with E-state index in [9.17, 15) is 0 Å². The highest BCUT2D eigenvalue weighted by Gasteiger charge is 2.26. The molecule has 1 saturated heterocycles. The van der Waals surface area contributed by atoms with E-state index < -0.39 is 0 Å². The number of piperidine rings is 1. The summed E-state index contributed by atoms with van der Waals surface area (Å²) >= 11 is 1.84. The number of rotatable bonds is 2. The van der Waals surface area contributed by atoms with Gasteiger partial charge in [-0.1, -0.05) is 36.4 Å². The van der Waals surface area contributed by atoms with E-state index in [2.05, 4.69) is 65.2 Å². The number of thiophene rings is 1. The lowest BCUT2D eigenvalue weighted by Gasteiger charge is -2.30. The molecule has 0 bridgehead atoms. The summed E-state index contributed by atoms with van der Waals surface area (Å²) in [5, 5.41) is 2.23. The van der Waals surface area contributed by atoms with Crippen molar-refractivity contribution in [3.05, 3.63) is 99.0 Å². The second-order valence-corrected chi connectivity index (χ2v) is 9.07. The van der Waals surface area contributed by atoms with Crippen molar-refractivity contribution in [3.63, 3.8) is 0 Å². The number of aromatic nitrogens is 1. The van der Waals surface area contributed by atoms with Gasteiger partial charge in [0.25, 0.3) is 0 Å². The Bertz CT molecular complexity index is 1100. The van der Waals surface area contributed by atoms with Crippen LogP contribution < -0.4 is 0 Å². The number of pyridine rings is 1. The lowest BCUT2D eigenvalue weighted by molar-refractivity contribution is 0.248. The van der Waals surface area contributed by atoms with Crippen molar-refractivity contribution in [1.29, 1.82) is 0 Å². The minimum absolute atomic E-state index is 0.951. The van der Waals surface area contributed by atoms with Crippen LogP contribution in [0.3, 0.4) is 0 Å². The molecule has 0 unspecified atom stereocenters. The normalized spacial score (nSPS) is 17.1. The van der Waals surface area contributed by atoms with Crippen molar-refractivity contribution in [2.24, 2.45) is 0 Å². The third-order valence-corrected chi connectivity index (χ3v) is 7.32. The van der Waals surface area contributed by atoms with E-state index in [1.54, 1.807) is 5.57 Å². The third-order valence-electron chi connectivity index (χ3n) is 6.30. The summed E-state index contributed by atoms with van der Waals surface area (Å²) in [6, 6.07) is 13.3. The van der Waals surface area contributed by atoms with Gasteiger partial charge in [0.05, 0.1) is 0 Å². The molecule has 2 aliphatic rings. The minimum Gasteiger partial charge on any atom is -0.298 e. The van der Waals surface area contributed by atoms with E-state index in [4.69, 9.17) is 0 Å². The number of hydrogen-bond acceptors (Lipinski definition) is 3.